The third-order valence-corrected chi connectivity index (χ3v) is 1.80. The largest absolute Gasteiger partial charge is 0.381 e. The van der Waals surface area contributed by atoms with Crippen LogP contribution in [-0.2, 0) is 4.74 Å². The molecule has 0 aliphatic rings. The molecule has 2 nitrogen and oxygen atoms in total. The van der Waals surface area contributed by atoms with Crippen LogP contribution in [0.4, 0.5) is 0 Å². The first-order valence-electron chi connectivity index (χ1n) is 4.99. The van der Waals surface area contributed by atoms with Crippen molar-refractivity contribution in [3.8, 4) is 0 Å². The van der Waals surface area contributed by atoms with Crippen molar-refractivity contribution in [2.45, 2.75) is 33.1 Å². The van der Waals surface area contributed by atoms with E-state index in [1.165, 1.54) is 19.3 Å². The van der Waals surface area contributed by atoms with Crippen LogP contribution in [0.1, 0.15) is 33.1 Å². The van der Waals surface area contributed by atoms with Gasteiger partial charge in [-0.25, -0.2) is 0 Å². The van der Waals surface area contributed by atoms with E-state index >= 15 is 0 Å². The minimum Gasteiger partial charge on any atom is -0.381 e. The summed E-state index contributed by atoms with van der Waals surface area (Å²) in [6.07, 6.45) is 3.59. The molecule has 1 N–H and O–H groups in total. The molecular formula is C10H23NO. The van der Waals surface area contributed by atoms with E-state index in [9.17, 15) is 0 Å². The van der Waals surface area contributed by atoms with Gasteiger partial charge in [0.25, 0.3) is 0 Å². The average Bonchev–Trinajstić information content (AvgIpc) is 2.02. The van der Waals surface area contributed by atoms with Gasteiger partial charge in [0, 0.05) is 13.2 Å². The minimum absolute atomic E-state index is 0.766. The lowest BCUT2D eigenvalue weighted by atomic mass is 10.1. The van der Waals surface area contributed by atoms with Gasteiger partial charge in [0.05, 0.1) is 0 Å². The highest BCUT2D eigenvalue weighted by atomic mass is 16.5. The molecule has 0 spiro atoms. The van der Waals surface area contributed by atoms with Gasteiger partial charge in [-0.3, -0.25) is 0 Å². The Bertz CT molecular complexity index is 83.9. The molecule has 0 radical (unpaired) electrons. The molecule has 12 heavy (non-hydrogen) atoms. The minimum atomic E-state index is 0.766. The van der Waals surface area contributed by atoms with Gasteiger partial charge in [-0.15, -0.1) is 0 Å². The Labute approximate surface area is 76.7 Å². The number of unbranched alkanes of at least 4 members (excludes halogenated alkanes) is 1. The van der Waals surface area contributed by atoms with Gasteiger partial charge >= 0.3 is 0 Å². The predicted molar refractivity (Wildman–Crippen MR) is 53.4 cm³/mol. The maximum absolute atomic E-state index is 5.46. The fraction of sp³-hybridized carbons (Fsp3) is 1.00. The molecule has 0 saturated carbocycles. The summed E-state index contributed by atoms with van der Waals surface area (Å²) in [5.41, 5.74) is 0. The number of hydrogen-bond acceptors (Lipinski definition) is 2. The second-order valence-corrected chi connectivity index (χ2v) is 3.61. The standard InChI is InChI=1S/C10H23NO/c1-10(2)6-9-12-8-5-4-7-11-3/h10-11H,4-9H2,1-3H3. The topological polar surface area (TPSA) is 21.3 Å². The number of rotatable bonds is 8. The van der Waals surface area contributed by atoms with Crippen molar-refractivity contribution in [2.24, 2.45) is 5.92 Å². The average molecular weight is 173 g/mol. The van der Waals surface area contributed by atoms with Crippen molar-refractivity contribution in [2.75, 3.05) is 26.8 Å². The Morgan fingerprint density at radius 1 is 1.17 bits per heavy atom. The van der Waals surface area contributed by atoms with Crippen LogP contribution in [-0.4, -0.2) is 26.8 Å². The fourth-order valence-electron chi connectivity index (χ4n) is 0.927. The lowest BCUT2D eigenvalue weighted by Gasteiger charge is -2.05. The third-order valence-electron chi connectivity index (χ3n) is 1.80. The van der Waals surface area contributed by atoms with E-state index in [1.807, 2.05) is 7.05 Å². The van der Waals surface area contributed by atoms with Crippen LogP contribution in [0.5, 0.6) is 0 Å². The Hall–Kier alpha value is -0.0800. The van der Waals surface area contributed by atoms with E-state index in [0.717, 1.165) is 25.7 Å². The smallest absolute Gasteiger partial charge is 0.0468 e. The summed E-state index contributed by atoms with van der Waals surface area (Å²) in [6, 6.07) is 0. The van der Waals surface area contributed by atoms with Gasteiger partial charge in [-0.05, 0) is 38.8 Å². The van der Waals surface area contributed by atoms with E-state index in [2.05, 4.69) is 19.2 Å². The highest BCUT2D eigenvalue weighted by Gasteiger charge is 1.93. The highest BCUT2D eigenvalue weighted by molar-refractivity contribution is 4.44. The van der Waals surface area contributed by atoms with Gasteiger partial charge in [0.15, 0.2) is 0 Å². The molecule has 0 aromatic heterocycles. The maximum atomic E-state index is 5.46. The van der Waals surface area contributed by atoms with Gasteiger partial charge in [0.1, 0.15) is 0 Å². The van der Waals surface area contributed by atoms with Crippen LogP contribution < -0.4 is 5.32 Å². The number of nitrogens with one attached hydrogen (secondary N) is 1. The number of ether oxygens (including phenoxy) is 1. The quantitative estimate of drug-likeness (QED) is 0.567. The van der Waals surface area contributed by atoms with Gasteiger partial charge < -0.3 is 10.1 Å². The van der Waals surface area contributed by atoms with Crippen LogP contribution in [0, 0.1) is 5.92 Å². The van der Waals surface area contributed by atoms with Gasteiger partial charge in [-0.2, -0.15) is 0 Å². The lowest BCUT2D eigenvalue weighted by molar-refractivity contribution is 0.120. The third kappa shape index (κ3) is 9.92. The van der Waals surface area contributed by atoms with Crippen LogP contribution >= 0.6 is 0 Å². The van der Waals surface area contributed by atoms with Crippen molar-refractivity contribution in [1.82, 2.24) is 5.32 Å². The molecule has 0 bridgehead atoms. The molecule has 0 aliphatic carbocycles. The van der Waals surface area contributed by atoms with E-state index in [-0.39, 0.29) is 0 Å². The molecule has 0 amide bonds. The molecule has 2 heteroatoms. The van der Waals surface area contributed by atoms with E-state index in [4.69, 9.17) is 4.74 Å². The summed E-state index contributed by atoms with van der Waals surface area (Å²) >= 11 is 0. The van der Waals surface area contributed by atoms with E-state index < -0.39 is 0 Å². The zero-order valence-corrected chi connectivity index (χ0v) is 8.73. The Morgan fingerprint density at radius 2 is 1.92 bits per heavy atom. The predicted octanol–water partition coefficient (Wildman–Crippen LogP) is 2.05. The second kappa shape index (κ2) is 9.01. The zero-order valence-electron chi connectivity index (χ0n) is 8.73. The molecular weight excluding hydrogens is 150 g/mol. The van der Waals surface area contributed by atoms with Crippen molar-refractivity contribution < 1.29 is 4.74 Å². The van der Waals surface area contributed by atoms with Crippen LogP contribution in [0.25, 0.3) is 0 Å². The molecule has 0 rings (SSSR count). The molecule has 0 fully saturated rings. The van der Waals surface area contributed by atoms with Crippen molar-refractivity contribution >= 4 is 0 Å². The molecule has 0 unspecified atom stereocenters. The Kier molecular flexibility index (Phi) is 8.95. The molecule has 0 atom stereocenters. The molecule has 0 aromatic carbocycles. The molecule has 74 valence electrons. The zero-order chi connectivity index (χ0) is 9.23. The summed E-state index contributed by atoms with van der Waals surface area (Å²) in [4.78, 5) is 0. The van der Waals surface area contributed by atoms with Crippen LogP contribution in [0.2, 0.25) is 0 Å². The monoisotopic (exact) mass is 173 g/mol. The van der Waals surface area contributed by atoms with Crippen molar-refractivity contribution in [3.63, 3.8) is 0 Å². The first-order chi connectivity index (χ1) is 5.77. The first-order valence-corrected chi connectivity index (χ1v) is 4.99. The van der Waals surface area contributed by atoms with Crippen molar-refractivity contribution in [3.05, 3.63) is 0 Å². The summed E-state index contributed by atoms with van der Waals surface area (Å²) in [5.74, 6) is 0.766. The Balaban J connectivity index is 2.82. The van der Waals surface area contributed by atoms with Crippen LogP contribution in [0.3, 0.4) is 0 Å². The summed E-state index contributed by atoms with van der Waals surface area (Å²) < 4.78 is 5.46. The maximum Gasteiger partial charge on any atom is 0.0468 e. The SMILES string of the molecule is CNCCCCOCCC(C)C. The Morgan fingerprint density at radius 3 is 2.50 bits per heavy atom. The molecule has 0 heterocycles. The summed E-state index contributed by atoms with van der Waals surface area (Å²) in [5, 5.41) is 3.12. The molecule has 0 aliphatic heterocycles. The van der Waals surface area contributed by atoms with Gasteiger partial charge in [0.2, 0.25) is 0 Å². The fourth-order valence-corrected chi connectivity index (χ4v) is 0.927. The van der Waals surface area contributed by atoms with Gasteiger partial charge in [-0.1, -0.05) is 13.8 Å². The first kappa shape index (κ1) is 11.9. The summed E-state index contributed by atoms with van der Waals surface area (Å²) in [6.45, 7) is 7.41. The van der Waals surface area contributed by atoms with E-state index in [0.29, 0.717) is 0 Å². The summed E-state index contributed by atoms with van der Waals surface area (Å²) in [7, 11) is 1.99. The molecule has 0 aromatic rings. The van der Waals surface area contributed by atoms with Crippen LogP contribution in [0.15, 0.2) is 0 Å². The number of hydrogen-bond donors (Lipinski definition) is 1. The van der Waals surface area contributed by atoms with E-state index in [1.54, 1.807) is 0 Å². The highest BCUT2D eigenvalue weighted by Crippen LogP contribution is 1.99. The van der Waals surface area contributed by atoms with Crippen molar-refractivity contribution in [1.29, 1.82) is 0 Å². The lowest BCUT2D eigenvalue weighted by Crippen LogP contribution is -2.09. The molecule has 0 saturated heterocycles. The second-order valence-electron chi connectivity index (χ2n) is 3.61. The normalized spacial score (nSPS) is 11.0.